The first-order chi connectivity index (χ1) is 12.3. The van der Waals surface area contributed by atoms with Crippen molar-refractivity contribution in [2.45, 2.75) is 26.2 Å². The van der Waals surface area contributed by atoms with Crippen LogP contribution in [-0.2, 0) is 10.2 Å². The molecule has 0 saturated heterocycles. The smallest absolute Gasteiger partial charge is 0.262 e. The van der Waals surface area contributed by atoms with Crippen molar-refractivity contribution in [1.29, 1.82) is 0 Å². The van der Waals surface area contributed by atoms with Crippen molar-refractivity contribution < 1.29 is 9.53 Å². The number of benzene rings is 2. The zero-order valence-electron chi connectivity index (χ0n) is 14.9. The van der Waals surface area contributed by atoms with E-state index in [0.29, 0.717) is 21.8 Å². The van der Waals surface area contributed by atoms with E-state index in [1.807, 2.05) is 24.3 Å². The van der Waals surface area contributed by atoms with Crippen LogP contribution in [0.15, 0.2) is 48.8 Å². The van der Waals surface area contributed by atoms with Crippen LogP contribution in [0.4, 0.5) is 5.69 Å². The Morgan fingerprint density at radius 1 is 1.12 bits per heavy atom. The molecule has 5 nitrogen and oxygen atoms in total. The lowest BCUT2D eigenvalue weighted by atomic mass is 9.87. The van der Waals surface area contributed by atoms with Crippen LogP contribution in [0.25, 0.3) is 10.9 Å². The minimum Gasteiger partial charge on any atom is -0.467 e. The second kappa shape index (κ2) is 7.30. The fourth-order valence-corrected chi connectivity index (χ4v) is 2.67. The van der Waals surface area contributed by atoms with Gasteiger partial charge < -0.3 is 10.1 Å². The summed E-state index contributed by atoms with van der Waals surface area (Å²) in [5, 5.41) is 4.11. The van der Waals surface area contributed by atoms with E-state index in [4.69, 9.17) is 16.3 Å². The molecule has 0 spiro atoms. The van der Waals surface area contributed by atoms with Crippen molar-refractivity contribution in [3.8, 4) is 5.88 Å². The third-order valence-corrected chi connectivity index (χ3v) is 4.17. The molecule has 1 amide bonds. The molecule has 134 valence electrons. The standard InChI is InChI=1S/C20H20ClN3O2/c1-20(2,3)13-4-7-15(8-5-13)24-18(25)11-26-19-16-9-6-14(21)10-17(16)22-12-23-19/h4-10,12H,11H2,1-3H3,(H,24,25). The fourth-order valence-electron chi connectivity index (χ4n) is 2.51. The van der Waals surface area contributed by atoms with Gasteiger partial charge in [0.05, 0.1) is 10.9 Å². The van der Waals surface area contributed by atoms with Crippen molar-refractivity contribution in [2.75, 3.05) is 11.9 Å². The van der Waals surface area contributed by atoms with Gasteiger partial charge in [0.25, 0.3) is 5.91 Å². The molecular weight excluding hydrogens is 350 g/mol. The summed E-state index contributed by atoms with van der Waals surface area (Å²) in [7, 11) is 0. The molecule has 0 unspecified atom stereocenters. The minimum absolute atomic E-state index is 0.0720. The number of nitrogens with zero attached hydrogens (tertiary/aromatic N) is 2. The molecule has 6 heteroatoms. The summed E-state index contributed by atoms with van der Waals surface area (Å²) in [6.45, 7) is 6.30. The Labute approximate surface area is 157 Å². The van der Waals surface area contributed by atoms with E-state index < -0.39 is 0 Å². The number of amides is 1. The van der Waals surface area contributed by atoms with Crippen molar-refractivity contribution >= 4 is 34.1 Å². The molecule has 0 aliphatic heterocycles. The van der Waals surface area contributed by atoms with Gasteiger partial charge in [0.1, 0.15) is 6.33 Å². The van der Waals surface area contributed by atoms with Gasteiger partial charge in [-0.3, -0.25) is 4.79 Å². The molecule has 0 bridgehead atoms. The first-order valence-electron chi connectivity index (χ1n) is 8.26. The largest absolute Gasteiger partial charge is 0.467 e. The van der Waals surface area contributed by atoms with Crippen molar-refractivity contribution in [2.24, 2.45) is 0 Å². The maximum absolute atomic E-state index is 12.2. The van der Waals surface area contributed by atoms with E-state index in [9.17, 15) is 4.79 Å². The average molecular weight is 370 g/mol. The summed E-state index contributed by atoms with van der Waals surface area (Å²) >= 11 is 5.96. The molecule has 2 aromatic carbocycles. The maximum atomic E-state index is 12.2. The molecular formula is C20H20ClN3O2. The van der Waals surface area contributed by atoms with Crippen molar-refractivity contribution in [3.05, 3.63) is 59.4 Å². The predicted octanol–water partition coefficient (Wildman–Crippen LogP) is 4.60. The van der Waals surface area contributed by atoms with Crippen molar-refractivity contribution in [1.82, 2.24) is 9.97 Å². The number of carbonyl (C=O) groups excluding carboxylic acids is 1. The summed E-state index contributed by atoms with van der Waals surface area (Å²) in [6.07, 6.45) is 1.39. The molecule has 0 saturated carbocycles. The van der Waals surface area contributed by atoms with Crippen LogP contribution in [-0.4, -0.2) is 22.5 Å². The molecule has 0 aliphatic rings. The summed E-state index contributed by atoms with van der Waals surface area (Å²) in [4.78, 5) is 20.4. The Balaban J connectivity index is 1.64. The second-order valence-corrected chi connectivity index (χ2v) is 7.44. The third kappa shape index (κ3) is 4.29. The van der Waals surface area contributed by atoms with Gasteiger partial charge in [0.2, 0.25) is 5.88 Å². The lowest BCUT2D eigenvalue weighted by Crippen LogP contribution is -2.20. The summed E-state index contributed by atoms with van der Waals surface area (Å²) in [5.41, 5.74) is 2.67. The van der Waals surface area contributed by atoms with Gasteiger partial charge in [-0.05, 0) is 41.3 Å². The summed E-state index contributed by atoms with van der Waals surface area (Å²) < 4.78 is 5.56. The molecule has 0 atom stereocenters. The number of rotatable bonds is 4. The van der Waals surface area contributed by atoms with Gasteiger partial charge in [-0.25, -0.2) is 9.97 Å². The third-order valence-electron chi connectivity index (χ3n) is 3.94. The second-order valence-electron chi connectivity index (χ2n) is 7.00. The SMILES string of the molecule is CC(C)(C)c1ccc(NC(=O)COc2ncnc3cc(Cl)ccc23)cc1. The summed E-state index contributed by atoms with van der Waals surface area (Å²) in [5.74, 6) is 0.0964. The lowest BCUT2D eigenvalue weighted by Gasteiger charge is -2.19. The molecule has 3 aromatic rings. The van der Waals surface area contributed by atoms with Crippen LogP contribution in [0, 0.1) is 0 Å². The first kappa shape index (κ1) is 18.1. The number of hydrogen-bond donors (Lipinski definition) is 1. The summed E-state index contributed by atoms with van der Waals surface area (Å²) in [6, 6.07) is 13.0. The van der Waals surface area contributed by atoms with E-state index in [-0.39, 0.29) is 17.9 Å². The number of fused-ring (bicyclic) bond motifs is 1. The van der Waals surface area contributed by atoms with Gasteiger partial charge in [0.15, 0.2) is 6.61 Å². The lowest BCUT2D eigenvalue weighted by molar-refractivity contribution is -0.118. The molecule has 0 aliphatic carbocycles. The fraction of sp³-hybridized carbons (Fsp3) is 0.250. The van der Waals surface area contributed by atoms with Gasteiger partial charge in [-0.15, -0.1) is 0 Å². The molecule has 1 N–H and O–H groups in total. The highest BCUT2D eigenvalue weighted by Gasteiger charge is 2.13. The van der Waals surface area contributed by atoms with Crippen LogP contribution < -0.4 is 10.1 Å². The zero-order valence-corrected chi connectivity index (χ0v) is 15.7. The first-order valence-corrected chi connectivity index (χ1v) is 8.64. The van der Waals surface area contributed by atoms with Gasteiger partial charge in [-0.2, -0.15) is 0 Å². The van der Waals surface area contributed by atoms with Crippen LogP contribution in [0.2, 0.25) is 5.02 Å². The van der Waals surface area contributed by atoms with Crippen molar-refractivity contribution in [3.63, 3.8) is 0 Å². The normalized spacial score (nSPS) is 11.4. The van der Waals surface area contributed by atoms with Crippen LogP contribution >= 0.6 is 11.6 Å². The van der Waals surface area contributed by atoms with Crippen LogP contribution in [0.5, 0.6) is 5.88 Å². The molecule has 26 heavy (non-hydrogen) atoms. The monoisotopic (exact) mass is 369 g/mol. The van der Waals surface area contributed by atoms with E-state index in [2.05, 4.69) is 36.1 Å². The average Bonchev–Trinajstić information content (AvgIpc) is 2.59. The van der Waals surface area contributed by atoms with Gasteiger partial charge in [-0.1, -0.05) is 44.5 Å². The highest BCUT2D eigenvalue weighted by molar-refractivity contribution is 6.31. The van der Waals surface area contributed by atoms with E-state index in [1.165, 1.54) is 11.9 Å². The predicted molar refractivity (Wildman–Crippen MR) is 104 cm³/mol. The number of hydrogen-bond acceptors (Lipinski definition) is 4. The Kier molecular flexibility index (Phi) is 5.09. The molecule has 1 heterocycles. The Bertz CT molecular complexity index is 934. The Morgan fingerprint density at radius 2 is 1.85 bits per heavy atom. The zero-order chi connectivity index (χ0) is 18.7. The van der Waals surface area contributed by atoms with E-state index >= 15 is 0 Å². The Morgan fingerprint density at radius 3 is 2.54 bits per heavy atom. The van der Waals surface area contributed by atoms with Crippen LogP contribution in [0.1, 0.15) is 26.3 Å². The number of aromatic nitrogens is 2. The Hall–Kier alpha value is -2.66. The maximum Gasteiger partial charge on any atom is 0.262 e. The quantitative estimate of drug-likeness (QED) is 0.730. The van der Waals surface area contributed by atoms with Gasteiger partial charge in [0, 0.05) is 10.7 Å². The number of halogens is 1. The van der Waals surface area contributed by atoms with Gasteiger partial charge >= 0.3 is 0 Å². The topological polar surface area (TPSA) is 64.1 Å². The van der Waals surface area contributed by atoms with E-state index in [0.717, 1.165) is 5.69 Å². The van der Waals surface area contributed by atoms with E-state index in [1.54, 1.807) is 18.2 Å². The molecule has 1 aromatic heterocycles. The molecule has 0 fully saturated rings. The minimum atomic E-state index is -0.255. The number of carbonyl (C=O) groups is 1. The highest BCUT2D eigenvalue weighted by atomic mass is 35.5. The number of ether oxygens (including phenoxy) is 1. The number of nitrogens with one attached hydrogen (secondary N) is 1. The number of anilines is 1. The molecule has 3 rings (SSSR count). The highest BCUT2D eigenvalue weighted by Crippen LogP contribution is 2.25. The molecule has 0 radical (unpaired) electrons. The van der Waals surface area contributed by atoms with Crippen LogP contribution in [0.3, 0.4) is 0 Å².